The maximum Gasteiger partial charge on any atom is 0.0634 e. The average molecular weight is 217 g/mol. The lowest BCUT2D eigenvalue weighted by atomic mass is 9.85. The highest BCUT2D eigenvalue weighted by Crippen LogP contribution is 2.56. The van der Waals surface area contributed by atoms with E-state index in [4.69, 9.17) is 0 Å². The van der Waals surface area contributed by atoms with Crippen LogP contribution in [-0.4, -0.2) is 16.2 Å². The number of aliphatic hydroxyl groups is 1. The highest BCUT2D eigenvalue weighted by molar-refractivity contribution is 5.17. The molecule has 2 aliphatic rings. The van der Waals surface area contributed by atoms with Crippen LogP contribution in [0, 0.1) is 17.8 Å². The molecule has 2 nitrogen and oxygen atoms in total. The number of pyridine rings is 1. The fourth-order valence-electron chi connectivity index (χ4n) is 3.31. The minimum atomic E-state index is -0.171. The molecule has 0 bridgehead atoms. The third-order valence-electron chi connectivity index (χ3n) is 4.51. The quantitative estimate of drug-likeness (QED) is 0.844. The van der Waals surface area contributed by atoms with Crippen LogP contribution in [0.15, 0.2) is 24.5 Å². The summed E-state index contributed by atoms with van der Waals surface area (Å²) in [7, 11) is 0. The largest absolute Gasteiger partial charge is 0.392 e. The molecule has 4 unspecified atom stereocenters. The zero-order valence-corrected chi connectivity index (χ0v) is 9.71. The lowest BCUT2D eigenvalue weighted by molar-refractivity contribution is 0.0821. The van der Waals surface area contributed by atoms with E-state index in [1.165, 1.54) is 24.8 Å². The highest BCUT2D eigenvalue weighted by Gasteiger charge is 2.48. The van der Waals surface area contributed by atoms with Crippen LogP contribution in [0.1, 0.15) is 37.7 Å². The van der Waals surface area contributed by atoms with Gasteiger partial charge in [0.25, 0.3) is 0 Å². The molecule has 1 aromatic heterocycles. The summed E-state index contributed by atoms with van der Waals surface area (Å²) >= 11 is 0. The molecule has 86 valence electrons. The predicted molar refractivity (Wildman–Crippen MR) is 63.0 cm³/mol. The summed E-state index contributed by atoms with van der Waals surface area (Å²) in [6, 6.07) is 4.03. The van der Waals surface area contributed by atoms with Gasteiger partial charge >= 0.3 is 0 Å². The van der Waals surface area contributed by atoms with Crippen molar-refractivity contribution in [3.63, 3.8) is 0 Å². The molecule has 0 aliphatic heterocycles. The van der Waals surface area contributed by atoms with E-state index in [0.717, 1.165) is 11.8 Å². The van der Waals surface area contributed by atoms with Gasteiger partial charge in [-0.2, -0.15) is 0 Å². The molecule has 4 atom stereocenters. The lowest BCUT2D eigenvalue weighted by Gasteiger charge is -2.25. The van der Waals surface area contributed by atoms with E-state index in [0.29, 0.717) is 5.92 Å². The second-order valence-corrected chi connectivity index (χ2v) is 5.55. The number of nitrogens with zero attached hydrogens (tertiary/aromatic N) is 1. The van der Waals surface area contributed by atoms with Crippen molar-refractivity contribution in [2.45, 2.75) is 38.2 Å². The first kappa shape index (κ1) is 10.3. The number of hydrogen-bond acceptors (Lipinski definition) is 2. The van der Waals surface area contributed by atoms with Crippen LogP contribution in [-0.2, 0) is 0 Å². The Morgan fingerprint density at radius 3 is 2.44 bits per heavy atom. The first-order valence-corrected chi connectivity index (χ1v) is 6.33. The van der Waals surface area contributed by atoms with E-state index >= 15 is 0 Å². The first-order valence-electron chi connectivity index (χ1n) is 6.33. The monoisotopic (exact) mass is 217 g/mol. The van der Waals surface area contributed by atoms with Crippen molar-refractivity contribution in [2.24, 2.45) is 17.8 Å². The Kier molecular flexibility index (Phi) is 2.47. The van der Waals surface area contributed by atoms with Crippen LogP contribution in [0.25, 0.3) is 0 Å². The third kappa shape index (κ3) is 1.75. The third-order valence-corrected chi connectivity index (χ3v) is 4.51. The van der Waals surface area contributed by atoms with Gasteiger partial charge in [0.15, 0.2) is 0 Å². The fraction of sp³-hybridized carbons (Fsp3) is 0.643. The number of rotatable bonds is 3. The van der Waals surface area contributed by atoms with Crippen LogP contribution in [0.5, 0.6) is 0 Å². The topological polar surface area (TPSA) is 33.1 Å². The maximum atomic E-state index is 10.4. The summed E-state index contributed by atoms with van der Waals surface area (Å²) in [5, 5.41) is 10.4. The van der Waals surface area contributed by atoms with Crippen molar-refractivity contribution in [1.29, 1.82) is 0 Å². The molecule has 0 aromatic carbocycles. The van der Waals surface area contributed by atoms with Gasteiger partial charge in [-0.3, -0.25) is 4.98 Å². The van der Waals surface area contributed by atoms with Gasteiger partial charge < -0.3 is 5.11 Å². The Balaban J connectivity index is 1.68. The summed E-state index contributed by atoms with van der Waals surface area (Å²) < 4.78 is 0. The molecule has 2 heteroatoms. The minimum Gasteiger partial charge on any atom is -0.392 e. The smallest absolute Gasteiger partial charge is 0.0634 e. The second-order valence-electron chi connectivity index (χ2n) is 5.55. The molecule has 0 saturated heterocycles. The Morgan fingerprint density at radius 2 is 1.81 bits per heavy atom. The van der Waals surface area contributed by atoms with Crippen molar-refractivity contribution < 1.29 is 5.11 Å². The van der Waals surface area contributed by atoms with Crippen LogP contribution in [0.4, 0.5) is 0 Å². The average Bonchev–Trinajstić information content (AvgIpc) is 2.95. The molecule has 0 radical (unpaired) electrons. The highest BCUT2D eigenvalue weighted by atomic mass is 16.3. The van der Waals surface area contributed by atoms with Gasteiger partial charge in [0.2, 0.25) is 0 Å². The molecular weight excluding hydrogens is 198 g/mol. The molecular formula is C14H19NO. The van der Waals surface area contributed by atoms with E-state index in [2.05, 4.69) is 11.9 Å². The van der Waals surface area contributed by atoms with Gasteiger partial charge in [-0.25, -0.2) is 0 Å². The number of aliphatic hydroxyl groups excluding tert-OH is 1. The van der Waals surface area contributed by atoms with Gasteiger partial charge in [-0.15, -0.1) is 0 Å². The first-order chi connectivity index (χ1) is 7.75. The van der Waals surface area contributed by atoms with Crippen molar-refractivity contribution in [1.82, 2.24) is 4.98 Å². The molecule has 0 amide bonds. The minimum absolute atomic E-state index is 0.171. The van der Waals surface area contributed by atoms with Gasteiger partial charge in [0.1, 0.15) is 0 Å². The summed E-state index contributed by atoms with van der Waals surface area (Å²) in [4.78, 5) is 4.02. The van der Waals surface area contributed by atoms with Crippen LogP contribution in [0.2, 0.25) is 0 Å². The molecule has 16 heavy (non-hydrogen) atoms. The lowest BCUT2D eigenvalue weighted by Crippen LogP contribution is -2.25. The number of aromatic nitrogens is 1. The SMILES string of the molecule is CC(c1ccncc1)C(O)C1CC2CC2C1. The summed E-state index contributed by atoms with van der Waals surface area (Å²) in [5.41, 5.74) is 1.21. The Labute approximate surface area is 96.7 Å². The van der Waals surface area contributed by atoms with Crippen molar-refractivity contribution in [3.05, 3.63) is 30.1 Å². The van der Waals surface area contributed by atoms with E-state index in [9.17, 15) is 5.11 Å². The van der Waals surface area contributed by atoms with E-state index < -0.39 is 0 Å². The molecule has 1 N–H and O–H groups in total. The standard InChI is InChI=1S/C14H19NO/c1-9(10-2-4-15-5-3-10)14(16)13-7-11-6-12(11)8-13/h2-5,9,11-14,16H,6-8H2,1H3. The predicted octanol–water partition coefficient (Wildman–Crippen LogP) is 2.59. The summed E-state index contributed by atoms with van der Waals surface area (Å²) in [6.07, 6.45) is 7.38. The Morgan fingerprint density at radius 1 is 1.19 bits per heavy atom. The zero-order valence-electron chi connectivity index (χ0n) is 9.71. The zero-order chi connectivity index (χ0) is 11.1. The normalized spacial score (nSPS) is 35.5. The molecule has 2 saturated carbocycles. The number of fused-ring (bicyclic) bond motifs is 1. The van der Waals surface area contributed by atoms with Gasteiger partial charge in [0.05, 0.1) is 6.10 Å². The Bertz CT molecular complexity index is 354. The van der Waals surface area contributed by atoms with Crippen LogP contribution in [0.3, 0.4) is 0 Å². The molecule has 0 spiro atoms. The molecule has 2 fully saturated rings. The van der Waals surface area contributed by atoms with Gasteiger partial charge in [0, 0.05) is 18.3 Å². The fourth-order valence-corrected chi connectivity index (χ4v) is 3.31. The van der Waals surface area contributed by atoms with Gasteiger partial charge in [-0.05, 0) is 54.7 Å². The summed E-state index contributed by atoms with van der Waals surface area (Å²) in [6.45, 7) is 2.13. The van der Waals surface area contributed by atoms with E-state index in [1.54, 1.807) is 0 Å². The molecule has 2 aliphatic carbocycles. The second kappa shape index (κ2) is 3.85. The van der Waals surface area contributed by atoms with Gasteiger partial charge in [-0.1, -0.05) is 6.92 Å². The van der Waals surface area contributed by atoms with Crippen molar-refractivity contribution >= 4 is 0 Å². The van der Waals surface area contributed by atoms with E-state index in [-0.39, 0.29) is 12.0 Å². The molecule has 1 aromatic rings. The van der Waals surface area contributed by atoms with Crippen molar-refractivity contribution in [3.8, 4) is 0 Å². The summed E-state index contributed by atoms with van der Waals surface area (Å²) in [5.74, 6) is 2.67. The Hall–Kier alpha value is -0.890. The van der Waals surface area contributed by atoms with Crippen molar-refractivity contribution in [2.75, 3.05) is 0 Å². The van der Waals surface area contributed by atoms with Crippen LogP contribution < -0.4 is 0 Å². The molecule has 3 rings (SSSR count). The maximum absolute atomic E-state index is 10.4. The number of hydrogen-bond donors (Lipinski definition) is 1. The van der Waals surface area contributed by atoms with E-state index in [1.807, 2.05) is 24.5 Å². The molecule has 1 heterocycles. The van der Waals surface area contributed by atoms with Crippen LogP contribution >= 0.6 is 0 Å².